The second kappa shape index (κ2) is 20.2. The summed E-state index contributed by atoms with van der Waals surface area (Å²) < 4.78 is 43.3. The second-order valence-corrected chi connectivity index (χ2v) is 10.6. The zero-order chi connectivity index (χ0) is 25.0. The minimum Gasteiger partial charge on any atom is -0.469 e. The van der Waals surface area contributed by atoms with Gasteiger partial charge in [-0.15, -0.1) is 0 Å². The standard InChI is InChI=1S/C25H48O7S/c1-4-6-7-8-9-10-11-14-18-21-25(27)32-22(23(5-2)33(28,29)30)19-16-13-12-15-17-20-24(26)31-3/h22-23H,4-21H2,1-3H3,(H,28,29,30). The largest absolute Gasteiger partial charge is 0.469 e. The van der Waals surface area contributed by atoms with Crippen LogP contribution in [0, 0.1) is 0 Å². The molecule has 0 aromatic heterocycles. The van der Waals surface area contributed by atoms with Crippen LogP contribution in [0.25, 0.3) is 0 Å². The smallest absolute Gasteiger partial charge is 0.306 e. The lowest BCUT2D eigenvalue weighted by Gasteiger charge is -2.24. The lowest BCUT2D eigenvalue weighted by Crippen LogP contribution is -2.37. The summed E-state index contributed by atoms with van der Waals surface area (Å²) in [5.74, 6) is -0.601. The van der Waals surface area contributed by atoms with E-state index in [-0.39, 0.29) is 24.8 Å². The van der Waals surface area contributed by atoms with E-state index in [1.165, 1.54) is 45.6 Å². The van der Waals surface area contributed by atoms with Gasteiger partial charge in [0.2, 0.25) is 0 Å². The summed E-state index contributed by atoms with van der Waals surface area (Å²) in [7, 11) is -2.92. The summed E-state index contributed by atoms with van der Waals surface area (Å²) in [6, 6.07) is 0. The number of methoxy groups -OCH3 is 1. The molecule has 0 spiro atoms. The number of unbranched alkanes of at least 4 members (excludes halogenated alkanes) is 12. The Morgan fingerprint density at radius 2 is 1.18 bits per heavy atom. The van der Waals surface area contributed by atoms with Crippen LogP contribution in [-0.2, 0) is 29.2 Å². The molecule has 1 N–H and O–H groups in total. The topological polar surface area (TPSA) is 107 Å². The van der Waals surface area contributed by atoms with Crippen molar-refractivity contribution in [3.05, 3.63) is 0 Å². The first-order valence-corrected chi connectivity index (χ1v) is 14.5. The fraction of sp³-hybridized carbons (Fsp3) is 0.920. The number of rotatable bonds is 22. The van der Waals surface area contributed by atoms with Crippen molar-refractivity contribution in [1.82, 2.24) is 0 Å². The number of esters is 2. The van der Waals surface area contributed by atoms with Gasteiger partial charge in [0.25, 0.3) is 10.1 Å². The predicted octanol–water partition coefficient (Wildman–Crippen LogP) is 6.39. The van der Waals surface area contributed by atoms with E-state index in [4.69, 9.17) is 4.74 Å². The Kier molecular flexibility index (Phi) is 19.5. The Balaban J connectivity index is 4.31. The molecule has 0 heterocycles. The molecule has 8 heteroatoms. The van der Waals surface area contributed by atoms with E-state index >= 15 is 0 Å². The van der Waals surface area contributed by atoms with Crippen LogP contribution in [-0.4, -0.2) is 43.4 Å². The van der Waals surface area contributed by atoms with Crippen LogP contribution in [0.15, 0.2) is 0 Å². The number of ether oxygens (including phenoxy) is 2. The zero-order valence-corrected chi connectivity index (χ0v) is 22.0. The fourth-order valence-electron chi connectivity index (χ4n) is 4.04. The van der Waals surface area contributed by atoms with Crippen LogP contribution in [0.1, 0.15) is 129 Å². The highest BCUT2D eigenvalue weighted by Gasteiger charge is 2.33. The maximum absolute atomic E-state index is 12.3. The van der Waals surface area contributed by atoms with Crippen molar-refractivity contribution >= 4 is 22.1 Å². The minimum atomic E-state index is -4.29. The molecule has 0 aliphatic carbocycles. The minimum absolute atomic E-state index is 0.188. The van der Waals surface area contributed by atoms with Gasteiger partial charge in [-0.1, -0.05) is 84.5 Å². The molecule has 0 bridgehead atoms. The van der Waals surface area contributed by atoms with Gasteiger partial charge in [0, 0.05) is 12.8 Å². The number of carbonyl (C=O) groups is 2. The quantitative estimate of drug-likeness (QED) is 0.106. The Bertz CT molecular complexity index is 604. The summed E-state index contributed by atoms with van der Waals surface area (Å²) in [6.07, 6.45) is 14.9. The van der Waals surface area contributed by atoms with Gasteiger partial charge in [0.05, 0.1) is 7.11 Å². The van der Waals surface area contributed by atoms with Crippen LogP contribution in [0.4, 0.5) is 0 Å². The lowest BCUT2D eigenvalue weighted by molar-refractivity contribution is -0.149. The van der Waals surface area contributed by atoms with Crippen LogP contribution >= 0.6 is 0 Å². The van der Waals surface area contributed by atoms with Gasteiger partial charge in [0.15, 0.2) is 0 Å². The van der Waals surface area contributed by atoms with E-state index in [2.05, 4.69) is 11.7 Å². The molecule has 0 fully saturated rings. The van der Waals surface area contributed by atoms with Crippen molar-refractivity contribution in [2.75, 3.05) is 7.11 Å². The second-order valence-electron chi connectivity index (χ2n) is 8.95. The molecule has 0 amide bonds. The van der Waals surface area contributed by atoms with Crippen LogP contribution in [0.2, 0.25) is 0 Å². The maximum Gasteiger partial charge on any atom is 0.306 e. The first-order valence-electron chi connectivity index (χ1n) is 13.0. The fourth-order valence-corrected chi connectivity index (χ4v) is 5.04. The molecule has 0 aliphatic heterocycles. The van der Waals surface area contributed by atoms with Crippen molar-refractivity contribution in [1.29, 1.82) is 0 Å². The summed E-state index contributed by atoms with van der Waals surface area (Å²) >= 11 is 0. The van der Waals surface area contributed by atoms with Gasteiger partial charge in [0.1, 0.15) is 11.4 Å². The average Bonchev–Trinajstić information content (AvgIpc) is 2.76. The molecule has 2 unspecified atom stereocenters. The molecular weight excluding hydrogens is 444 g/mol. The third-order valence-electron chi connectivity index (χ3n) is 6.06. The van der Waals surface area contributed by atoms with E-state index in [0.717, 1.165) is 44.9 Å². The first kappa shape index (κ1) is 31.9. The van der Waals surface area contributed by atoms with Crippen LogP contribution in [0.3, 0.4) is 0 Å². The van der Waals surface area contributed by atoms with E-state index in [1.807, 2.05) is 0 Å². The summed E-state index contributed by atoms with van der Waals surface area (Å²) in [6.45, 7) is 3.88. The van der Waals surface area contributed by atoms with Crippen molar-refractivity contribution in [3.8, 4) is 0 Å². The number of hydrogen-bond donors (Lipinski definition) is 1. The monoisotopic (exact) mass is 492 g/mol. The molecule has 7 nitrogen and oxygen atoms in total. The molecule has 0 aliphatic rings. The predicted molar refractivity (Wildman–Crippen MR) is 132 cm³/mol. The summed E-state index contributed by atoms with van der Waals surface area (Å²) in [4.78, 5) is 23.5. The van der Waals surface area contributed by atoms with Crippen molar-refractivity contribution in [2.24, 2.45) is 0 Å². The van der Waals surface area contributed by atoms with E-state index < -0.39 is 21.5 Å². The SMILES string of the molecule is CCCCCCCCCCCC(=O)OC(CCCCCCCC(=O)OC)C(CC)S(=O)(=O)O. The highest BCUT2D eigenvalue weighted by molar-refractivity contribution is 7.86. The molecule has 0 radical (unpaired) electrons. The molecule has 2 atom stereocenters. The number of hydrogen-bond acceptors (Lipinski definition) is 6. The van der Waals surface area contributed by atoms with Crippen molar-refractivity contribution in [2.45, 2.75) is 141 Å². The molecular formula is C25H48O7S. The van der Waals surface area contributed by atoms with Gasteiger partial charge in [-0.2, -0.15) is 8.42 Å². The van der Waals surface area contributed by atoms with Crippen molar-refractivity contribution in [3.63, 3.8) is 0 Å². The summed E-state index contributed by atoms with van der Waals surface area (Å²) in [5.41, 5.74) is 0. The lowest BCUT2D eigenvalue weighted by atomic mass is 10.0. The zero-order valence-electron chi connectivity index (χ0n) is 21.2. The summed E-state index contributed by atoms with van der Waals surface area (Å²) in [5, 5.41) is -1.09. The maximum atomic E-state index is 12.3. The molecule has 0 saturated heterocycles. The van der Waals surface area contributed by atoms with Gasteiger partial charge in [-0.05, 0) is 32.1 Å². The van der Waals surface area contributed by atoms with E-state index in [9.17, 15) is 22.6 Å². The normalized spacial score (nSPS) is 13.5. The average molecular weight is 493 g/mol. The van der Waals surface area contributed by atoms with Crippen LogP contribution in [0.5, 0.6) is 0 Å². The Hall–Kier alpha value is -1.15. The Morgan fingerprint density at radius 1 is 0.727 bits per heavy atom. The van der Waals surface area contributed by atoms with Gasteiger partial charge >= 0.3 is 11.9 Å². The molecule has 196 valence electrons. The van der Waals surface area contributed by atoms with Crippen LogP contribution < -0.4 is 0 Å². The van der Waals surface area contributed by atoms with Crippen molar-refractivity contribution < 1.29 is 32.0 Å². The van der Waals surface area contributed by atoms with Gasteiger partial charge in [-0.3, -0.25) is 14.1 Å². The first-order chi connectivity index (χ1) is 15.8. The highest BCUT2D eigenvalue weighted by atomic mass is 32.2. The third-order valence-corrected chi connectivity index (χ3v) is 7.47. The van der Waals surface area contributed by atoms with E-state index in [1.54, 1.807) is 6.92 Å². The van der Waals surface area contributed by atoms with Gasteiger partial charge in [-0.25, -0.2) is 0 Å². The van der Waals surface area contributed by atoms with E-state index in [0.29, 0.717) is 19.3 Å². The highest BCUT2D eigenvalue weighted by Crippen LogP contribution is 2.21. The molecule has 0 aromatic carbocycles. The molecule has 0 rings (SSSR count). The Labute approximate surface area is 202 Å². The molecule has 0 saturated carbocycles. The number of carbonyl (C=O) groups excluding carboxylic acids is 2. The Morgan fingerprint density at radius 3 is 1.64 bits per heavy atom. The molecule has 33 heavy (non-hydrogen) atoms. The third kappa shape index (κ3) is 17.9. The molecule has 0 aromatic rings. The van der Waals surface area contributed by atoms with Gasteiger partial charge < -0.3 is 9.47 Å².